The van der Waals surface area contributed by atoms with Crippen molar-refractivity contribution in [3.63, 3.8) is 0 Å². The maximum Gasteiger partial charge on any atom is 0.159 e. The van der Waals surface area contributed by atoms with Crippen LogP contribution in [0.5, 0.6) is 0 Å². The highest BCUT2D eigenvalue weighted by molar-refractivity contribution is 5.98. The Morgan fingerprint density at radius 2 is 2.13 bits per heavy atom. The zero-order valence-corrected chi connectivity index (χ0v) is 8.71. The summed E-state index contributed by atoms with van der Waals surface area (Å²) in [5, 5.41) is 1.16. The summed E-state index contributed by atoms with van der Waals surface area (Å²) in [5.74, 6) is 0.865. The molecule has 2 heteroatoms. The van der Waals surface area contributed by atoms with Crippen molar-refractivity contribution in [1.82, 2.24) is 4.98 Å². The number of aromatic nitrogens is 1. The Labute approximate surface area is 88.3 Å². The minimum absolute atomic E-state index is 0.131. The van der Waals surface area contributed by atoms with Gasteiger partial charge >= 0.3 is 0 Å². The van der Waals surface area contributed by atoms with Gasteiger partial charge < -0.3 is 4.98 Å². The highest BCUT2D eigenvalue weighted by Crippen LogP contribution is 2.40. The van der Waals surface area contributed by atoms with Gasteiger partial charge in [0.15, 0.2) is 5.78 Å². The van der Waals surface area contributed by atoms with Crippen LogP contribution in [0.3, 0.4) is 0 Å². The maximum absolute atomic E-state index is 11.2. The van der Waals surface area contributed by atoms with Gasteiger partial charge in [0.25, 0.3) is 0 Å². The summed E-state index contributed by atoms with van der Waals surface area (Å²) in [5.41, 5.74) is 3.26. The molecule has 2 aromatic rings. The fraction of sp³-hybridized carbons (Fsp3) is 0.308. The Balaban J connectivity index is 2.13. The van der Waals surface area contributed by atoms with E-state index < -0.39 is 0 Å². The van der Waals surface area contributed by atoms with Crippen LogP contribution in [0.4, 0.5) is 0 Å². The third kappa shape index (κ3) is 1.46. The van der Waals surface area contributed by atoms with Gasteiger partial charge in [-0.25, -0.2) is 0 Å². The summed E-state index contributed by atoms with van der Waals surface area (Å²) in [6, 6.07) is 8.04. The van der Waals surface area contributed by atoms with Crippen LogP contribution < -0.4 is 0 Å². The first kappa shape index (κ1) is 8.72. The Kier molecular flexibility index (Phi) is 1.72. The summed E-state index contributed by atoms with van der Waals surface area (Å²) in [6.07, 6.45) is 2.60. The fourth-order valence-corrected chi connectivity index (χ4v) is 1.99. The Hall–Kier alpha value is -1.57. The van der Waals surface area contributed by atoms with E-state index in [1.165, 1.54) is 18.5 Å². The number of H-pyrrole nitrogens is 1. The molecule has 15 heavy (non-hydrogen) atoms. The van der Waals surface area contributed by atoms with Crippen LogP contribution in [-0.4, -0.2) is 10.8 Å². The molecule has 0 radical (unpaired) electrons. The molecule has 1 aliphatic rings. The smallest absolute Gasteiger partial charge is 0.159 e. The van der Waals surface area contributed by atoms with E-state index in [0.29, 0.717) is 0 Å². The third-order valence-corrected chi connectivity index (χ3v) is 3.07. The Morgan fingerprint density at radius 3 is 2.80 bits per heavy atom. The van der Waals surface area contributed by atoms with Crippen LogP contribution in [0, 0.1) is 0 Å². The Morgan fingerprint density at radius 1 is 1.33 bits per heavy atom. The first-order valence-corrected chi connectivity index (χ1v) is 5.37. The molecule has 1 saturated carbocycles. The lowest BCUT2D eigenvalue weighted by Crippen LogP contribution is -1.89. The number of aromatic amines is 1. The average Bonchev–Trinajstić information content (AvgIpc) is 2.97. The average molecular weight is 199 g/mol. The van der Waals surface area contributed by atoms with Crippen molar-refractivity contribution in [2.45, 2.75) is 25.7 Å². The molecule has 1 aliphatic carbocycles. The number of fused-ring (bicyclic) bond motifs is 1. The number of benzene rings is 1. The summed E-state index contributed by atoms with van der Waals surface area (Å²) >= 11 is 0. The van der Waals surface area contributed by atoms with Gasteiger partial charge in [-0.2, -0.15) is 0 Å². The number of ketones is 1. The molecular formula is C13H13NO. The van der Waals surface area contributed by atoms with Crippen molar-refractivity contribution < 1.29 is 4.79 Å². The minimum atomic E-state index is 0.131. The Bertz CT molecular complexity index is 534. The molecule has 0 amide bonds. The zero-order valence-electron chi connectivity index (χ0n) is 8.71. The normalized spacial score (nSPS) is 15.8. The third-order valence-electron chi connectivity index (χ3n) is 3.07. The second-order valence-electron chi connectivity index (χ2n) is 4.36. The van der Waals surface area contributed by atoms with E-state index in [9.17, 15) is 4.79 Å². The van der Waals surface area contributed by atoms with Gasteiger partial charge in [-0.1, -0.05) is 0 Å². The van der Waals surface area contributed by atoms with E-state index >= 15 is 0 Å². The lowest BCUT2D eigenvalue weighted by Gasteiger charge is -1.94. The van der Waals surface area contributed by atoms with Crippen LogP contribution in [0.1, 0.15) is 41.7 Å². The standard InChI is InChI=1S/C13H13NO/c1-8(15)10-4-5-12-11(6-10)7-13(14-12)9-2-3-9/h4-7,9,14H,2-3H2,1H3. The molecule has 0 atom stereocenters. The highest BCUT2D eigenvalue weighted by Gasteiger charge is 2.25. The number of rotatable bonds is 2. The highest BCUT2D eigenvalue weighted by atomic mass is 16.1. The van der Waals surface area contributed by atoms with Crippen LogP contribution in [0.25, 0.3) is 10.9 Å². The second kappa shape index (κ2) is 2.96. The molecule has 0 unspecified atom stereocenters. The lowest BCUT2D eigenvalue weighted by molar-refractivity contribution is 0.101. The van der Waals surface area contributed by atoms with Crippen LogP contribution in [-0.2, 0) is 0 Å². The van der Waals surface area contributed by atoms with Crippen molar-refractivity contribution in [3.05, 3.63) is 35.5 Å². The van der Waals surface area contributed by atoms with E-state index in [0.717, 1.165) is 22.4 Å². The predicted octanol–water partition coefficient (Wildman–Crippen LogP) is 3.25. The lowest BCUT2D eigenvalue weighted by atomic mass is 10.1. The number of hydrogen-bond acceptors (Lipinski definition) is 1. The SMILES string of the molecule is CC(=O)c1ccc2[nH]c(C3CC3)cc2c1. The summed E-state index contributed by atoms with van der Waals surface area (Å²) in [7, 11) is 0. The minimum Gasteiger partial charge on any atom is -0.358 e. The predicted molar refractivity (Wildman–Crippen MR) is 60.3 cm³/mol. The molecule has 1 N–H and O–H groups in total. The van der Waals surface area contributed by atoms with Crippen molar-refractivity contribution in [1.29, 1.82) is 0 Å². The molecule has 1 fully saturated rings. The summed E-state index contributed by atoms with van der Waals surface area (Å²) in [6.45, 7) is 1.61. The van der Waals surface area contributed by atoms with Gasteiger partial charge in [-0.05, 0) is 49.9 Å². The topological polar surface area (TPSA) is 32.9 Å². The van der Waals surface area contributed by atoms with Crippen molar-refractivity contribution in [2.75, 3.05) is 0 Å². The molecule has 76 valence electrons. The van der Waals surface area contributed by atoms with Gasteiger partial charge in [0.2, 0.25) is 0 Å². The second-order valence-corrected chi connectivity index (χ2v) is 4.36. The van der Waals surface area contributed by atoms with Crippen LogP contribution >= 0.6 is 0 Å². The van der Waals surface area contributed by atoms with E-state index in [-0.39, 0.29) is 5.78 Å². The van der Waals surface area contributed by atoms with Gasteiger partial charge in [0, 0.05) is 22.2 Å². The van der Waals surface area contributed by atoms with Crippen LogP contribution in [0.2, 0.25) is 0 Å². The van der Waals surface area contributed by atoms with E-state index in [1.807, 2.05) is 18.2 Å². The van der Waals surface area contributed by atoms with Gasteiger partial charge in [-0.15, -0.1) is 0 Å². The first-order valence-electron chi connectivity index (χ1n) is 5.37. The van der Waals surface area contributed by atoms with Gasteiger partial charge in [0.05, 0.1) is 0 Å². The van der Waals surface area contributed by atoms with E-state index in [1.54, 1.807) is 6.92 Å². The molecule has 0 bridgehead atoms. The number of carbonyl (C=O) groups excluding carboxylic acids is 1. The van der Waals surface area contributed by atoms with Crippen molar-refractivity contribution in [3.8, 4) is 0 Å². The monoisotopic (exact) mass is 199 g/mol. The molecular weight excluding hydrogens is 186 g/mol. The molecule has 0 saturated heterocycles. The van der Waals surface area contributed by atoms with Crippen molar-refractivity contribution >= 4 is 16.7 Å². The summed E-state index contributed by atoms with van der Waals surface area (Å²) < 4.78 is 0. The number of nitrogens with one attached hydrogen (secondary N) is 1. The molecule has 1 aromatic heterocycles. The van der Waals surface area contributed by atoms with Gasteiger partial charge in [-0.3, -0.25) is 4.79 Å². The number of Topliss-reactive ketones (excluding diaryl/α,β-unsaturated/α-hetero) is 1. The fourth-order valence-electron chi connectivity index (χ4n) is 1.99. The molecule has 0 aliphatic heterocycles. The van der Waals surface area contributed by atoms with Crippen molar-refractivity contribution in [2.24, 2.45) is 0 Å². The van der Waals surface area contributed by atoms with Crippen LogP contribution in [0.15, 0.2) is 24.3 Å². The molecule has 0 spiro atoms. The largest absolute Gasteiger partial charge is 0.358 e. The van der Waals surface area contributed by atoms with E-state index in [4.69, 9.17) is 0 Å². The zero-order chi connectivity index (χ0) is 10.4. The number of hydrogen-bond donors (Lipinski definition) is 1. The molecule has 1 heterocycles. The van der Waals surface area contributed by atoms with E-state index in [2.05, 4.69) is 11.1 Å². The summed E-state index contributed by atoms with van der Waals surface area (Å²) in [4.78, 5) is 14.6. The maximum atomic E-state index is 11.2. The number of carbonyl (C=O) groups is 1. The first-order chi connectivity index (χ1) is 7.24. The molecule has 1 aromatic carbocycles. The quantitative estimate of drug-likeness (QED) is 0.740. The van der Waals surface area contributed by atoms with Gasteiger partial charge in [0.1, 0.15) is 0 Å². The molecule has 2 nitrogen and oxygen atoms in total. The molecule has 3 rings (SSSR count).